The van der Waals surface area contributed by atoms with Crippen LogP contribution in [0.5, 0.6) is 0 Å². The molecule has 0 fully saturated rings. The minimum Gasteiger partial charge on any atom is -0.393 e. The molecule has 0 aliphatic rings. The van der Waals surface area contributed by atoms with Gasteiger partial charge in [0.05, 0.1) is 6.10 Å². The molecule has 76 valence electrons. The lowest BCUT2D eigenvalue weighted by Crippen LogP contribution is -2.19. The van der Waals surface area contributed by atoms with Gasteiger partial charge in [-0.1, -0.05) is 33.1 Å². The second kappa shape index (κ2) is 8.13. The third-order valence-corrected chi connectivity index (χ3v) is 2.58. The average Bonchev–Trinajstić information content (AvgIpc) is 2.16. The molecule has 0 rings (SSSR count). The monoisotopic (exact) mass is 182 g/mol. The van der Waals surface area contributed by atoms with E-state index >= 15 is 0 Å². The third-order valence-electron chi connectivity index (χ3n) is 2.58. The van der Waals surface area contributed by atoms with Gasteiger partial charge in [-0.15, -0.1) is 12.3 Å². The molecule has 1 N–H and O–H groups in total. The lowest BCUT2D eigenvalue weighted by molar-refractivity contribution is 0.0917. The molecule has 0 aromatic carbocycles. The molecule has 2 atom stereocenters. The molecule has 0 aromatic rings. The van der Waals surface area contributed by atoms with Gasteiger partial charge in [-0.3, -0.25) is 0 Å². The summed E-state index contributed by atoms with van der Waals surface area (Å²) in [6, 6.07) is 0. The highest BCUT2D eigenvalue weighted by Crippen LogP contribution is 2.19. The highest BCUT2D eigenvalue weighted by Gasteiger charge is 2.15. The Morgan fingerprint density at radius 3 is 2.46 bits per heavy atom. The summed E-state index contributed by atoms with van der Waals surface area (Å²) in [6.07, 6.45) is 11.1. The number of hydrogen-bond acceptors (Lipinski definition) is 1. The minimum absolute atomic E-state index is 0.187. The quantitative estimate of drug-likeness (QED) is 0.600. The standard InChI is InChI=1S/C12H22O/c1-4-7-9-11(6-3)12(13)10-8-5-2/h2,11-13H,4,6-10H2,1,3H3. The Bertz CT molecular complexity index is 146. The first-order valence-corrected chi connectivity index (χ1v) is 5.37. The van der Waals surface area contributed by atoms with Crippen LogP contribution in [0.15, 0.2) is 0 Å². The predicted octanol–water partition coefficient (Wildman–Crippen LogP) is 2.98. The molecule has 0 bridgehead atoms. The van der Waals surface area contributed by atoms with E-state index in [1.54, 1.807) is 0 Å². The zero-order chi connectivity index (χ0) is 10.1. The van der Waals surface area contributed by atoms with E-state index in [0.29, 0.717) is 12.3 Å². The fourth-order valence-corrected chi connectivity index (χ4v) is 1.60. The molecule has 0 saturated heterocycles. The van der Waals surface area contributed by atoms with Crippen LogP contribution in [0.3, 0.4) is 0 Å². The topological polar surface area (TPSA) is 20.2 Å². The number of terminal acetylenes is 1. The smallest absolute Gasteiger partial charge is 0.0577 e. The first kappa shape index (κ1) is 12.5. The van der Waals surface area contributed by atoms with E-state index in [0.717, 1.165) is 19.3 Å². The Labute approximate surface area is 82.5 Å². The van der Waals surface area contributed by atoms with Crippen molar-refractivity contribution in [3.8, 4) is 12.3 Å². The molecule has 0 aromatic heterocycles. The minimum atomic E-state index is -0.187. The predicted molar refractivity (Wildman–Crippen MR) is 57.4 cm³/mol. The summed E-state index contributed by atoms with van der Waals surface area (Å²) in [6.45, 7) is 4.32. The van der Waals surface area contributed by atoms with Crippen LogP contribution >= 0.6 is 0 Å². The molecule has 0 spiro atoms. The van der Waals surface area contributed by atoms with Gasteiger partial charge in [0.1, 0.15) is 0 Å². The van der Waals surface area contributed by atoms with Crippen LogP contribution in [0.2, 0.25) is 0 Å². The average molecular weight is 182 g/mol. The van der Waals surface area contributed by atoms with Crippen molar-refractivity contribution in [2.24, 2.45) is 5.92 Å². The lowest BCUT2D eigenvalue weighted by Gasteiger charge is -2.20. The van der Waals surface area contributed by atoms with Gasteiger partial charge in [0.2, 0.25) is 0 Å². The Morgan fingerprint density at radius 1 is 1.31 bits per heavy atom. The van der Waals surface area contributed by atoms with Gasteiger partial charge in [-0.05, 0) is 18.8 Å². The van der Waals surface area contributed by atoms with Crippen molar-refractivity contribution in [3.63, 3.8) is 0 Å². The summed E-state index contributed by atoms with van der Waals surface area (Å²) in [5, 5.41) is 9.77. The molecular weight excluding hydrogens is 160 g/mol. The lowest BCUT2D eigenvalue weighted by atomic mass is 9.91. The first-order chi connectivity index (χ1) is 6.26. The summed E-state index contributed by atoms with van der Waals surface area (Å²) in [5.41, 5.74) is 0. The van der Waals surface area contributed by atoms with Crippen LogP contribution in [-0.2, 0) is 0 Å². The van der Waals surface area contributed by atoms with Gasteiger partial charge in [-0.2, -0.15) is 0 Å². The van der Waals surface area contributed by atoms with Crippen LogP contribution in [0.4, 0.5) is 0 Å². The molecular formula is C12H22O. The molecule has 0 saturated carbocycles. The van der Waals surface area contributed by atoms with Gasteiger partial charge >= 0.3 is 0 Å². The third kappa shape index (κ3) is 5.71. The highest BCUT2D eigenvalue weighted by atomic mass is 16.3. The van der Waals surface area contributed by atoms with E-state index in [1.165, 1.54) is 12.8 Å². The zero-order valence-electron chi connectivity index (χ0n) is 8.92. The molecule has 0 aliphatic heterocycles. The first-order valence-electron chi connectivity index (χ1n) is 5.37. The molecule has 0 aliphatic carbocycles. The Balaban J connectivity index is 3.71. The Kier molecular flexibility index (Phi) is 7.83. The molecule has 0 radical (unpaired) electrons. The van der Waals surface area contributed by atoms with Crippen LogP contribution < -0.4 is 0 Å². The Hall–Kier alpha value is -0.480. The van der Waals surface area contributed by atoms with Gasteiger partial charge in [-0.25, -0.2) is 0 Å². The maximum atomic E-state index is 9.77. The van der Waals surface area contributed by atoms with Crippen molar-refractivity contribution in [2.75, 3.05) is 0 Å². The van der Waals surface area contributed by atoms with Crippen molar-refractivity contribution in [3.05, 3.63) is 0 Å². The normalized spacial score (nSPS) is 14.9. The SMILES string of the molecule is C#CCCC(O)C(CC)CCCC. The number of aliphatic hydroxyl groups excluding tert-OH is 1. The molecule has 13 heavy (non-hydrogen) atoms. The summed E-state index contributed by atoms with van der Waals surface area (Å²) in [4.78, 5) is 0. The largest absolute Gasteiger partial charge is 0.393 e. The van der Waals surface area contributed by atoms with Crippen LogP contribution in [0.1, 0.15) is 52.4 Å². The molecule has 0 amide bonds. The van der Waals surface area contributed by atoms with Gasteiger partial charge < -0.3 is 5.11 Å². The maximum absolute atomic E-state index is 9.77. The van der Waals surface area contributed by atoms with Crippen molar-refractivity contribution >= 4 is 0 Å². The zero-order valence-corrected chi connectivity index (χ0v) is 8.92. The maximum Gasteiger partial charge on any atom is 0.0577 e. The van der Waals surface area contributed by atoms with Crippen molar-refractivity contribution in [2.45, 2.75) is 58.5 Å². The summed E-state index contributed by atoms with van der Waals surface area (Å²) in [5.74, 6) is 3.03. The summed E-state index contributed by atoms with van der Waals surface area (Å²) in [7, 11) is 0. The fraction of sp³-hybridized carbons (Fsp3) is 0.833. The highest BCUT2D eigenvalue weighted by molar-refractivity contribution is 4.85. The number of aliphatic hydroxyl groups is 1. The van der Waals surface area contributed by atoms with Gasteiger partial charge in [0.25, 0.3) is 0 Å². The second-order valence-corrected chi connectivity index (χ2v) is 3.62. The number of rotatable bonds is 7. The van der Waals surface area contributed by atoms with Crippen molar-refractivity contribution < 1.29 is 5.11 Å². The van der Waals surface area contributed by atoms with Crippen LogP contribution in [0, 0.1) is 18.3 Å². The van der Waals surface area contributed by atoms with E-state index < -0.39 is 0 Å². The molecule has 1 nitrogen and oxygen atoms in total. The van der Waals surface area contributed by atoms with E-state index in [1.807, 2.05) is 0 Å². The molecule has 0 heterocycles. The Morgan fingerprint density at radius 2 is 2.00 bits per heavy atom. The van der Waals surface area contributed by atoms with E-state index in [9.17, 15) is 5.11 Å². The van der Waals surface area contributed by atoms with Crippen molar-refractivity contribution in [1.29, 1.82) is 0 Å². The van der Waals surface area contributed by atoms with E-state index in [-0.39, 0.29) is 6.10 Å². The van der Waals surface area contributed by atoms with E-state index in [4.69, 9.17) is 6.42 Å². The summed E-state index contributed by atoms with van der Waals surface area (Å²) >= 11 is 0. The van der Waals surface area contributed by atoms with Gasteiger partial charge in [0, 0.05) is 6.42 Å². The number of unbranched alkanes of at least 4 members (excludes halogenated alkanes) is 1. The van der Waals surface area contributed by atoms with E-state index in [2.05, 4.69) is 19.8 Å². The fourth-order valence-electron chi connectivity index (χ4n) is 1.60. The molecule has 2 unspecified atom stereocenters. The van der Waals surface area contributed by atoms with Crippen molar-refractivity contribution in [1.82, 2.24) is 0 Å². The van der Waals surface area contributed by atoms with Crippen LogP contribution in [-0.4, -0.2) is 11.2 Å². The summed E-state index contributed by atoms with van der Waals surface area (Å²) < 4.78 is 0. The van der Waals surface area contributed by atoms with Gasteiger partial charge in [0.15, 0.2) is 0 Å². The second-order valence-electron chi connectivity index (χ2n) is 3.62. The van der Waals surface area contributed by atoms with Crippen LogP contribution in [0.25, 0.3) is 0 Å². The molecule has 1 heteroatoms. The number of hydrogen-bond donors (Lipinski definition) is 1.